The van der Waals surface area contributed by atoms with Gasteiger partial charge < -0.3 is 14.7 Å². The topological polar surface area (TPSA) is 87.0 Å². The fraction of sp³-hybridized carbons (Fsp3) is 0.529. The maximum absolute atomic E-state index is 11.8. The molecule has 2 N–H and O–H groups in total. The standard InChI is InChI=1S/C17H23N5O2S/c1-11(23)16-20-13-10-19-15-12(4-7-18-15)14(13)22(16)17(2)5-8-21(9-6-17)25(3)24/h4,7,10-11,23H,5-6,8-9H2,1-3H3,(H,18,19)/t11-,25?/m1/s1. The van der Waals surface area contributed by atoms with Gasteiger partial charge in [-0.3, -0.25) is 0 Å². The number of pyridine rings is 1. The van der Waals surface area contributed by atoms with Crippen LogP contribution in [0.2, 0.25) is 0 Å². The van der Waals surface area contributed by atoms with Gasteiger partial charge in [-0.15, -0.1) is 0 Å². The average molecular weight is 361 g/mol. The maximum atomic E-state index is 11.8. The number of rotatable bonds is 3. The van der Waals surface area contributed by atoms with E-state index in [4.69, 9.17) is 0 Å². The summed E-state index contributed by atoms with van der Waals surface area (Å²) in [4.78, 5) is 12.3. The molecule has 25 heavy (non-hydrogen) atoms. The van der Waals surface area contributed by atoms with Crippen LogP contribution in [0.5, 0.6) is 0 Å². The van der Waals surface area contributed by atoms with Crippen LogP contribution in [-0.4, -0.2) is 52.5 Å². The first-order valence-electron chi connectivity index (χ1n) is 8.52. The monoisotopic (exact) mass is 361 g/mol. The lowest BCUT2D eigenvalue weighted by molar-refractivity contribution is 0.145. The van der Waals surface area contributed by atoms with Gasteiger partial charge in [0.25, 0.3) is 0 Å². The molecule has 3 aromatic rings. The summed E-state index contributed by atoms with van der Waals surface area (Å²) in [6.07, 6.45) is 6.40. The number of piperidine rings is 1. The Morgan fingerprint density at radius 1 is 1.40 bits per heavy atom. The molecule has 3 aromatic heterocycles. The van der Waals surface area contributed by atoms with Crippen LogP contribution in [0, 0.1) is 0 Å². The van der Waals surface area contributed by atoms with Crippen LogP contribution in [-0.2, 0) is 16.5 Å². The van der Waals surface area contributed by atoms with E-state index in [0.717, 1.165) is 48.0 Å². The highest BCUT2D eigenvalue weighted by Gasteiger charge is 2.37. The Labute approximate surface area is 148 Å². The molecule has 4 rings (SSSR count). The van der Waals surface area contributed by atoms with Gasteiger partial charge in [0.15, 0.2) is 0 Å². The van der Waals surface area contributed by atoms with Crippen molar-refractivity contribution in [3.63, 3.8) is 0 Å². The molecule has 0 spiro atoms. The van der Waals surface area contributed by atoms with Crippen LogP contribution in [0.3, 0.4) is 0 Å². The average Bonchev–Trinajstić information content (AvgIpc) is 3.19. The number of fused-ring (bicyclic) bond motifs is 3. The zero-order valence-corrected chi connectivity index (χ0v) is 15.5. The molecule has 1 fully saturated rings. The van der Waals surface area contributed by atoms with E-state index in [1.54, 1.807) is 19.4 Å². The van der Waals surface area contributed by atoms with Gasteiger partial charge in [-0.2, -0.15) is 0 Å². The van der Waals surface area contributed by atoms with Crippen molar-refractivity contribution in [3.8, 4) is 0 Å². The Kier molecular flexibility index (Phi) is 3.93. The molecule has 0 radical (unpaired) electrons. The molecule has 134 valence electrons. The number of hydrogen-bond acceptors (Lipinski definition) is 4. The SMILES string of the molecule is C[C@@H](O)c1nc2cnc3[nH]ccc3c2n1C1(C)CCN(S(C)=O)CC1. The van der Waals surface area contributed by atoms with Gasteiger partial charge in [0.1, 0.15) is 23.1 Å². The highest BCUT2D eigenvalue weighted by molar-refractivity contribution is 7.81. The van der Waals surface area contributed by atoms with E-state index in [9.17, 15) is 9.32 Å². The Hall–Kier alpha value is -1.77. The minimum Gasteiger partial charge on any atom is -0.385 e. The van der Waals surface area contributed by atoms with Crippen molar-refractivity contribution in [2.24, 2.45) is 0 Å². The lowest BCUT2D eigenvalue weighted by Gasteiger charge is -2.40. The Morgan fingerprint density at radius 2 is 2.12 bits per heavy atom. The third-order valence-corrected chi connectivity index (χ3v) is 6.40. The Morgan fingerprint density at radius 3 is 2.76 bits per heavy atom. The predicted molar refractivity (Wildman–Crippen MR) is 98.5 cm³/mol. The van der Waals surface area contributed by atoms with Crippen molar-refractivity contribution in [1.29, 1.82) is 0 Å². The molecule has 2 atom stereocenters. The summed E-state index contributed by atoms with van der Waals surface area (Å²) in [5, 5.41) is 11.4. The highest BCUT2D eigenvalue weighted by atomic mass is 32.2. The van der Waals surface area contributed by atoms with Crippen molar-refractivity contribution >= 4 is 33.1 Å². The van der Waals surface area contributed by atoms with E-state index in [1.807, 2.05) is 16.6 Å². The first-order chi connectivity index (χ1) is 11.9. The Balaban J connectivity index is 1.92. The minimum absolute atomic E-state index is 0.192. The molecule has 8 heteroatoms. The van der Waals surface area contributed by atoms with Crippen molar-refractivity contribution in [2.75, 3.05) is 19.3 Å². The number of aliphatic hydroxyl groups is 1. The van der Waals surface area contributed by atoms with Gasteiger partial charge in [0.2, 0.25) is 0 Å². The van der Waals surface area contributed by atoms with E-state index in [-0.39, 0.29) is 5.54 Å². The van der Waals surface area contributed by atoms with Crippen molar-refractivity contribution < 1.29 is 9.32 Å². The molecule has 4 heterocycles. The molecule has 0 saturated carbocycles. The molecular formula is C17H23N5O2S. The summed E-state index contributed by atoms with van der Waals surface area (Å²) < 4.78 is 16.0. The van der Waals surface area contributed by atoms with Crippen molar-refractivity contribution in [1.82, 2.24) is 23.8 Å². The lowest BCUT2D eigenvalue weighted by atomic mass is 9.89. The van der Waals surface area contributed by atoms with Crippen LogP contribution in [0.15, 0.2) is 18.5 Å². The van der Waals surface area contributed by atoms with E-state index >= 15 is 0 Å². The van der Waals surface area contributed by atoms with Gasteiger partial charge in [-0.05, 0) is 32.8 Å². The normalized spacial score (nSPS) is 21.0. The number of aromatic amines is 1. The largest absolute Gasteiger partial charge is 0.385 e. The second-order valence-electron chi connectivity index (χ2n) is 7.06. The predicted octanol–water partition coefficient (Wildman–Crippen LogP) is 2.07. The van der Waals surface area contributed by atoms with Gasteiger partial charge in [-0.1, -0.05) is 0 Å². The van der Waals surface area contributed by atoms with Crippen LogP contribution < -0.4 is 0 Å². The molecule has 0 amide bonds. The van der Waals surface area contributed by atoms with E-state index < -0.39 is 17.1 Å². The van der Waals surface area contributed by atoms with E-state index in [2.05, 4.69) is 26.4 Å². The number of nitrogens with zero attached hydrogens (tertiary/aromatic N) is 4. The zero-order valence-electron chi connectivity index (χ0n) is 14.7. The quantitative estimate of drug-likeness (QED) is 0.748. The van der Waals surface area contributed by atoms with Crippen LogP contribution in [0.4, 0.5) is 0 Å². The highest BCUT2D eigenvalue weighted by Crippen LogP contribution is 2.38. The third-order valence-electron chi connectivity index (χ3n) is 5.30. The van der Waals surface area contributed by atoms with Crippen molar-refractivity contribution in [2.45, 2.75) is 38.3 Å². The zero-order chi connectivity index (χ0) is 17.8. The van der Waals surface area contributed by atoms with E-state index in [1.165, 1.54) is 0 Å². The molecule has 0 aromatic carbocycles. The smallest absolute Gasteiger partial charge is 0.139 e. The second-order valence-corrected chi connectivity index (χ2v) is 8.43. The summed E-state index contributed by atoms with van der Waals surface area (Å²) in [7, 11) is -0.945. The van der Waals surface area contributed by atoms with Gasteiger partial charge in [0.05, 0.1) is 22.7 Å². The number of aliphatic hydroxyl groups excluding tert-OH is 1. The number of nitrogens with one attached hydrogen (secondary N) is 1. The molecule has 1 saturated heterocycles. The molecule has 1 unspecified atom stereocenters. The summed E-state index contributed by atoms with van der Waals surface area (Å²) in [6.45, 7) is 5.48. The second kappa shape index (κ2) is 5.89. The van der Waals surface area contributed by atoms with Gasteiger partial charge >= 0.3 is 0 Å². The molecule has 0 bridgehead atoms. The minimum atomic E-state index is -0.945. The molecule has 1 aliphatic heterocycles. The third kappa shape index (κ3) is 2.59. The first kappa shape index (κ1) is 16.7. The van der Waals surface area contributed by atoms with Crippen LogP contribution in [0.1, 0.15) is 38.6 Å². The van der Waals surface area contributed by atoms with Crippen LogP contribution >= 0.6 is 0 Å². The van der Waals surface area contributed by atoms with E-state index in [0.29, 0.717) is 5.82 Å². The Bertz CT molecular complexity index is 953. The first-order valence-corrected chi connectivity index (χ1v) is 10.0. The van der Waals surface area contributed by atoms with Gasteiger partial charge in [-0.25, -0.2) is 18.5 Å². The fourth-order valence-electron chi connectivity index (χ4n) is 3.86. The fourth-order valence-corrected chi connectivity index (χ4v) is 4.56. The van der Waals surface area contributed by atoms with Crippen LogP contribution in [0.25, 0.3) is 22.1 Å². The number of H-pyrrole nitrogens is 1. The number of hydrogen-bond donors (Lipinski definition) is 2. The molecule has 0 aliphatic carbocycles. The molecular weight excluding hydrogens is 338 g/mol. The maximum Gasteiger partial charge on any atom is 0.139 e. The summed E-state index contributed by atoms with van der Waals surface area (Å²) in [6, 6.07) is 2.01. The number of imidazole rings is 1. The molecule has 1 aliphatic rings. The molecule has 7 nitrogen and oxygen atoms in total. The number of aromatic nitrogens is 4. The van der Waals surface area contributed by atoms with Crippen molar-refractivity contribution in [3.05, 3.63) is 24.3 Å². The summed E-state index contributed by atoms with van der Waals surface area (Å²) >= 11 is 0. The summed E-state index contributed by atoms with van der Waals surface area (Å²) in [5.41, 5.74) is 2.44. The van der Waals surface area contributed by atoms with Gasteiger partial charge in [0, 0.05) is 36.5 Å². The lowest BCUT2D eigenvalue weighted by Crippen LogP contribution is -2.45. The summed E-state index contributed by atoms with van der Waals surface area (Å²) in [5.74, 6) is 0.666.